The second-order valence-electron chi connectivity index (χ2n) is 3.93. The Bertz CT molecular complexity index is 569. The summed E-state index contributed by atoms with van der Waals surface area (Å²) in [5.41, 5.74) is 3.22. The van der Waals surface area contributed by atoms with Crippen molar-refractivity contribution in [3.63, 3.8) is 0 Å². The fraction of sp³-hybridized carbons (Fsp3) is 0.0714. The smallest absolute Gasteiger partial charge is 0.175 e. The third-order valence-electron chi connectivity index (χ3n) is 2.40. The Kier molecular flexibility index (Phi) is 4.54. The van der Waals surface area contributed by atoms with Crippen LogP contribution in [0.2, 0.25) is 0 Å². The van der Waals surface area contributed by atoms with Gasteiger partial charge in [0.2, 0.25) is 0 Å². The van der Waals surface area contributed by atoms with Crippen molar-refractivity contribution in [2.24, 2.45) is 0 Å². The predicted octanol–water partition coefficient (Wildman–Crippen LogP) is 4.41. The predicted molar refractivity (Wildman–Crippen MR) is 90.2 cm³/mol. The van der Waals surface area contributed by atoms with Gasteiger partial charge in [-0.05, 0) is 71.6 Å². The molecule has 0 heterocycles. The summed E-state index contributed by atoms with van der Waals surface area (Å²) in [6.07, 6.45) is 0. The molecule has 18 heavy (non-hydrogen) atoms. The van der Waals surface area contributed by atoms with Crippen LogP contribution in [0.5, 0.6) is 0 Å². The lowest BCUT2D eigenvalue weighted by atomic mass is 10.2. The lowest BCUT2D eigenvalue weighted by Crippen LogP contribution is -2.19. The first-order chi connectivity index (χ1) is 8.65. The van der Waals surface area contributed by atoms with Gasteiger partial charge in [-0.25, -0.2) is 0 Å². The van der Waals surface area contributed by atoms with E-state index < -0.39 is 0 Å². The molecule has 0 aliphatic rings. The van der Waals surface area contributed by atoms with E-state index in [9.17, 15) is 0 Å². The molecule has 0 fully saturated rings. The van der Waals surface area contributed by atoms with E-state index in [0.29, 0.717) is 5.11 Å². The number of halogens is 1. The van der Waals surface area contributed by atoms with E-state index in [1.54, 1.807) is 0 Å². The number of hydrogen-bond acceptors (Lipinski definition) is 1. The lowest BCUT2D eigenvalue weighted by molar-refractivity contribution is 1.46. The zero-order chi connectivity index (χ0) is 13.0. The second kappa shape index (κ2) is 6.15. The molecule has 2 rings (SSSR count). The number of rotatable bonds is 2. The van der Waals surface area contributed by atoms with Crippen LogP contribution in [0.1, 0.15) is 5.56 Å². The average molecular weight is 368 g/mol. The summed E-state index contributed by atoms with van der Waals surface area (Å²) in [5.74, 6) is 0. The third-order valence-corrected chi connectivity index (χ3v) is 3.54. The van der Waals surface area contributed by atoms with Gasteiger partial charge in [0.25, 0.3) is 0 Å². The van der Waals surface area contributed by atoms with Gasteiger partial charge in [-0.1, -0.05) is 24.3 Å². The van der Waals surface area contributed by atoms with E-state index in [1.165, 1.54) is 5.56 Å². The zero-order valence-corrected chi connectivity index (χ0v) is 12.9. The quantitative estimate of drug-likeness (QED) is 0.607. The van der Waals surface area contributed by atoms with Gasteiger partial charge in [-0.15, -0.1) is 0 Å². The maximum atomic E-state index is 5.30. The van der Waals surface area contributed by atoms with Crippen LogP contribution in [0.3, 0.4) is 0 Å². The average Bonchev–Trinajstić information content (AvgIpc) is 2.32. The van der Waals surface area contributed by atoms with Crippen LogP contribution in [0.15, 0.2) is 48.5 Å². The molecular formula is C14H13IN2S. The first kappa shape index (κ1) is 13.3. The van der Waals surface area contributed by atoms with Crippen molar-refractivity contribution >= 4 is 51.3 Å². The highest BCUT2D eigenvalue weighted by atomic mass is 127. The van der Waals surface area contributed by atoms with Crippen molar-refractivity contribution in [1.29, 1.82) is 0 Å². The Labute approximate surface area is 126 Å². The molecule has 2 aromatic rings. The van der Waals surface area contributed by atoms with Crippen LogP contribution in [0.4, 0.5) is 11.4 Å². The van der Waals surface area contributed by atoms with Crippen LogP contribution in [-0.4, -0.2) is 5.11 Å². The molecule has 0 atom stereocenters. The SMILES string of the molecule is Cc1cccc(NC(=S)Nc2ccccc2I)c1. The van der Waals surface area contributed by atoms with Crippen LogP contribution < -0.4 is 10.6 Å². The van der Waals surface area contributed by atoms with Gasteiger partial charge < -0.3 is 10.6 Å². The van der Waals surface area contributed by atoms with Gasteiger partial charge in [0.05, 0.1) is 5.69 Å². The maximum absolute atomic E-state index is 5.30. The van der Waals surface area contributed by atoms with E-state index >= 15 is 0 Å². The molecule has 0 saturated carbocycles. The topological polar surface area (TPSA) is 24.1 Å². The molecule has 0 saturated heterocycles. The summed E-state index contributed by atoms with van der Waals surface area (Å²) in [6.45, 7) is 2.06. The molecule has 0 amide bonds. The van der Waals surface area contributed by atoms with E-state index in [2.05, 4.69) is 52.3 Å². The number of thiocarbonyl (C=S) groups is 1. The summed E-state index contributed by atoms with van der Waals surface area (Å²) < 4.78 is 1.14. The first-order valence-electron chi connectivity index (χ1n) is 5.54. The van der Waals surface area contributed by atoms with Crippen molar-refractivity contribution in [2.45, 2.75) is 6.92 Å². The molecule has 0 aromatic heterocycles. The molecule has 2 nitrogen and oxygen atoms in total. The van der Waals surface area contributed by atoms with Crippen LogP contribution in [0, 0.1) is 10.5 Å². The molecule has 2 aromatic carbocycles. The number of aryl methyl sites for hydroxylation is 1. The largest absolute Gasteiger partial charge is 0.332 e. The molecule has 4 heteroatoms. The van der Waals surface area contributed by atoms with E-state index in [-0.39, 0.29) is 0 Å². The summed E-state index contributed by atoms with van der Waals surface area (Å²) >= 11 is 7.58. The molecule has 0 aliphatic carbocycles. The number of para-hydroxylation sites is 1. The number of anilines is 2. The van der Waals surface area contributed by atoms with Crippen molar-refractivity contribution < 1.29 is 0 Å². The maximum Gasteiger partial charge on any atom is 0.175 e. The highest BCUT2D eigenvalue weighted by molar-refractivity contribution is 14.1. The normalized spacial score (nSPS) is 9.89. The summed E-state index contributed by atoms with van der Waals surface area (Å²) in [4.78, 5) is 0. The van der Waals surface area contributed by atoms with Gasteiger partial charge in [0.1, 0.15) is 0 Å². The third kappa shape index (κ3) is 3.68. The van der Waals surface area contributed by atoms with E-state index in [0.717, 1.165) is 14.9 Å². The molecule has 92 valence electrons. The lowest BCUT2D eigenvalue weighted by Gasteiger charge is -2.12. The summed E-state index contributed by atoms with van der Waals surface area (Å²) in [5, 5.41) is 6.97. The number of hydrogen-bond donors (Lipinski definition) is 2. The van der Waals surface area contributed by atoms with Crippen molar-refractivity contribution in [1.82, 2.24) is 0 Å². The van der Waals surface area contributed by atoms with Gasteiger partial charge in [-0.3, -0.25) is 0 Å². The Balaban J connectivity index is 2.03. The Morgan fingerprint density at radius 3 is 2.56 bits per heavy atom. The molecule has 0 unspecified atom stereocenters. The van der Waals surface area contributed by atoms with Gasteiger partial charge in [0, 0.05) is 9.26 Å². The Hall–Kier alpha value is -1.14. The molecule has 0 radical (unpaired) electrons. The van der Waals surface area contributed by atoms with Crippen LogP contribution in [0.25, 0.3) is 0 Å². The van der Waals surface area contributed by atoms with Crippen LogP contribution >= 0.6 is 34.8 Å². The fourth-order valence-electron chi connectivity index (χ4n) is 1.57. The van der Waals surface area contributed by atoms with E-state index in [4.69, 9.17) is 12.2 Å². The van der Waals surface area contributed by atoms with Crippen LogP contribution in [-0.2, 0) is 0 Å². The highest BCUT2D eigenvalue weighted by Gasteiger charge is 2.01. The standard InChI is InChI=1S/C14H13IN2S/c1-10-5-4-6-11(9-10)16-14(18)17-13-8-3-2-7-12(13)15/h2-9H,1H3,(H2,16,17,18). The zero-order valence-electron chi connectivity index (χ0n) is 9.91. The first-order valence-corrected chi connectivity index (χ1v) is 7.03. The highest BCUT2D eigenvalue weighted by Crippen LogP contribution is 2.17. The van der Waals surface area contributed by atoms with Gasteiger partial charge >= 0.3 is 0 Å². The fourth-order valence-corrected chi connectivity index (χ4v) is 2.32. The van der Waals surface area contributed by atoms with Crippen molar-refractivity contribution in [3.05, 3.63) is 57.7 Å². The summed E-state index contributed by atoms with van der Waals surface area (Å²) in [6, 6.07) is 16.2. The Morgan fingerprint density at radius 1 is 1.06 bits per heavy atom. The number of nitrogens with one attached hydrogen (secondary N) is 2. The second-order valence-corrected chi connectivity index (χ2v) is 5.50. The molecule has 0 aliphatic heterocycles. The summed E-state index contributed by atoms with van der Waals surface area (Å²) in [7, 11) is 0. The van der Waals surface area contributed by atoms with E-state index in [1.807, 2.05) is 36.4 Å². The molecule has 0 spiro atoms. The minimum Gasteiger partial charge on any atom is -0.332 e. The molecular weight excluding hydrogens is 355 g/mol. The van der Waals surface area contributed by atoms with Crippen molar-refractivity contribution in [3.8, 4) is 0 Å². The molecule has 2 N–H and O–H groups in total. The number of benzene rings is 2. The minimum absolute atomic E-state index is 0.602. The monoisotopic (exact) mass is 368 g/mol. The molecule has 0 bridgehead atoms. The van der Waals surface area contributed by atoms with Gasteiger partial charge in [-0.2, -0.15) is 0 Å². The Morgan fingerprint density at radius 2 is 1.83 bits per heavy atom. The minimum atomic E-state index is 0.602. The van der Waals surface area contributed by atoms with Gasteiger partial charge in [0.15, 0.2) is 5.11 Å². The van der Waals surface area contributed by atoms with Crippen molar-refractivity contribution in [2.75, 3.05) is 10.6 Å².